The zero-order valence-electron chi connectivity index (χ0n) is 9.39. The highest BCUT2D eigenvalue weighted by Crippen LogP contribution is 2.33. The van der Waals surface area contributed by atoms with Crippen LogP contribution in [0, 0.1) is 0 Å². The number of anilines is 2. The first-order valence-electron chi connectivity index (χ1n) is 5.22. The van der Waals surface area contributed by atoms with Crippen molar-refractivity contribution in [3.8, 4) is 0 Å². The van der Waals surface area contributed by atoms with Gasteiger partial charge in [-0.25, -0.2) is 9.97 Å². The van der Waals surface area contributed by atoms with Crippen molar-refractivity contribution < 1.29 is 9.53 Å². The lowest BCUT2D eigenvalue weighted by Crippen LogP contribution is -2.44. The van der Waals surface area contributed by atoms with Crippen LogP contribution in [0.3, 0.4) is 0 Å². The van der Waals surface area contributed by atoms with Crippen molar-refractivity contribution in [2.45, 2.75) is 6.04 Å². The van der Waals surface area contributed by atoms with Crippen LogP contribution >= 0.6 is 11.6 Å². The molecule has 0 radical (unpaired) electrons. The van der Waals surface area contributed by atoms with Crippen molar-refractivity contribution in [2.75, 3.05) is 37.0 Å². The number of aromatic nitrogens is 2. The van der Waals surface area contributed by atoms with Crippen LogP contribution in [-0.4, -0.2) is 49.1 Å². The zero-order chi connectivity index (χ0) is 12.3. The number of hydrogen-bond acceptors (Lipinski definition) is 6. The third-order valence-electron chi connectivity index (χ3n) is 2.56. The zero-order valence-corrected chi connectivity index (χ0v) is 10.1. The molecule has 2 rings (SSSR count). The van der Waals surface area contributed by atoms with E-state index in [0.29, 0.717) is 30.7 Å². The van der Waals surface area contributed by atoms with Crippen LogP contribution in [0.5, 0.6) is 0 Å². The number of carbonyl (C=O) groups is 1. The van der Waals surface area contributed by atoms with Crippen LogP contribution < -0.4 is 10.2 Å². The highest BCUT2D eigenvalue weighted by molar-refractivity contribution is 6.32. The molecule has 0 amide bonds. The Bertz CT molecular complexity index is 415. The highest BCUT2D eigenvalue weighted by atomic mass is 35.5. The van der Waals surface area contributed by atoms with Crippen molar-refractivity contribution in [1.29, 1.82) is 0 Å². The molecule has 0 saturated carbocycles. The number of fused-ring (bicyclic) bond motifs is 1. The minimum atomic E-state index is -0.287. The lowest BCUT2D eigenvalue weighted by Gasteiger charge is -2.34. The van der Waals surface area contributed by atoms with E-state index in [1.165, 1.54) is 6.33 Å². The van der Waals surface area contributed by atoms with Crippen molar-refractivity contribution in [3.05, 3.63) is 11.5 Å². The molecule has 1 aromatic rings. The third kappa shape index (κ3) is 2.48. The summed E-state index contributed by atoms with van der Waals surface area (Å²) in [4.78, 5) is 20.9. The molecule has 17 heavy (non-hydrogen) atoms. The van der Waals surface area contributed by atoms with Crippen LogP contribution in [0.2, 0.25) is 5.15 Å². The molecule has 0 bridgehead atoms. The summed E-state index contributed by atoms with van der Waals surface area (Å²) in [7, 11) is 1.63. The summed E-state index contributed by atoms with van der Waals surface area (Å²) in [5.74, 6) is 0.587. The summed E-state index contributed by atoms with van der Waals surface area (Å²) in [5.41, 5.74) is 0.726. The van der Waals surface area contributed by atoms with E-state index in [9.17, 15) is 4.79 Å². The molecule has 0 aliphatic carbocycles. The fraction of sp³-hybridized carbons (Fsp3) is 0.500. The number of hydrogen-bond donors (Lipinski definition) is 1. The molecule has 6 nitrogen and oxygen atoms in total. The van der Waals surface area contributed by atoms with Crippen LogP contribution in [0.1, 0.15) is 0 Å². The van der Waals surface area contributed by atoms with Gasteiger partial charge in [-0.3, -0.25) is 0 Å². The predicted octanol–water partition coefficient (Wildman–Crippen LogP) is 0.576. The van der Waals surface area contributed by atoms with E-state index in [1.807, 2.05) is 4.90 Å². The number of aldehydes is 1. The Morgan fingerprint density at radius 3 is 3.24 bits per heavy atom. The fourth-order valence-electron chi connectivity index (χ4n) is 1.77. The van der Waals surface area contributed by atoms with Gasteiger partial charge in [0.25, 0.3) is 0 Å². The molecule has 1 N–H and O–H groups in total. The van der Waals surface area contributed by atoms with Gasteiger partial charge in [0, 0.05) is 20.2 Å². The highest BCUT2D eigenvalue weighted by Gasteiger charge is 2.26. The summed E-state index contributed by atoms with van der Waals surface area (Å²) >= 11 is 6.04. The maximum absolute atomic E-state index is 10.9. The van der Waals surface area contributed by atoms with Gasteiger partial charge >= 0.3 is 0 Å². The van der Waals surface area contributed by atoms with Gasteiger partial charge < -0.3 is 19.7 Å². The topological polar surface area (TPSA) is 67.3 Å². The van der Waals surface area contributed by atoms with Gasteiger partial charge in [0.1, 0.15) is 24.3 Å². The minimum absolute atomic E-state index is 0.287. The second kappa shape index (κ2) is 5.29. The molecule has 0 aromatic carbocycles. The molecule has 1 atom stereocenters. The first-order valence-corrected chi connectivity index (χ1v) is 5.60. The van der Waals surface area contributed by atoms with Gasteiger partial charge in [-0.15, -0.1) is 0 Å². The first-order chi connectivity index (χ1) is 8.26. The molecule has 0 fully saturated rings. The minimum Gasteiger partial charge on any atom is -0.383 e. The Kier molecular flexibility index (Phi) is 3.75. The van der Waals surface area contributed by atoms with Gasteiger partial charge in [-0.2, -0.15) is 0 Å². The van der Waals surface area contributed by atoms with Crippen molar-refractivity contribution in [2.24, 2.45) is 0 Å². The second-order valence-corrected chi connectivity index (χ2v) is 4.05. The third-order valence-corrected chi connectivity index (χ3v) is 2.84. The van der Waals surface area contributed by atoms with Crippen molar-refractivity contribution in [1.82, 2.24) is 9.97 Å². The molecular formula is C10H13ClN4O2. The van der Waals surface area contributed by atoms with E-state index in [0.717, 1.165) is 12.0 Å². The second-order valence-electron chi connectivity index (χ2n) is 3.69. The number of ether oxygens (including phenoxy) is 1. The maximum atomic E-state index is 10.9. The average molecular weight is 257 g/mol. The SMILES string of the molecule is COCCN1CC(C=O)Nc2ncnc(Cl)c21. The Morgan fingerprint density at radius 2 is 2.53 bits per heavy atom. The van der Waals surface area contributed by atoms with E-state index in [-0.39, 0.29) is 6.04 Å². The summed E-state index contributed by atoms with van der Waals surface area (Å²) in [6.45, 7) is 1.73. The molecule has 1 aliphatic heterocycles. The van der Waals surface area contributed by atoms with Crippen molar-refractivity contribution in [3.63, 3.8) is 0 Å². The van der Waals surface area contributed by atoms with Gasteiger partial charge in [-0.1, -0.05) is 11.6 Å². The Morgan fingerprint density at radius 1 is 1.71 bits per heavy atom. The molecule has 1 aliphatic rings. The van der Waals surface area contributed by atoms with Crippen LogP contribution in [0.25, 0.3) is 0 Å². The van der Waals surface area contributed by atoms with Gasteiger partial charge in [0.05, 0.1) is 6.61 Å². The molecule has 7 heteroatoms. The number of rotatable bonds is 4. The monoisotopic (exact) mass is 256 g/mol. The maximum Gasteiger partial charge on any atom is 0.157 e. The number of carbonyl (C=O) groups excluding carboxylic acids is 1. The van der Waals surface area contributed by atoms with E-state index >= 15 is 0 Å². The quantitative estimate of drug-likeness (QED) is 0.628. The molecule has 1 aromatic heterocycles. The van der Waals surface area contributed by atoms with Gasteiger partial charge in [0.2, 0.25) is 0 Å². The number of methoxy groups -OCH3 is 1. The Labute approximate surface area is 104 Å². The summed E-state index contributed by atoms with van der Waals surface area (Å²) in [6.07, 6.45) is 2.23. The molecule has 0 spiro atoms. The number of halogens is 1. The normalized spacial score (nSPS) is 18.5. The first kappa shape index (κ1) is 12.1. The van der Waals surface area contributed by atoms with Crippen LogP contribution in [0.15, 0.2) is 6.33 Å². The smallest absolute Gasteiger partial charge is 0.157 e. The van der Waals surface area contributed by atoms with E-state index < -0.39 is 0 Å². The molecule has 0 saturated heterocycles. The average Bonchev–Trinajstić information content (AvgIpc) is 2.35. The predicted molar refractivity (Wildman–Crippen MR) is 64.6 cm³/mol. The lowest BCUT2D eigenvalue weighted by molar-refractivity contribution is -0.108. The van der Waals surface area contributed by atoms with Gasteiger partial charge in [0.15, 0.2) is 11.0 Å². The number of nitrogens with one attached hydrogen (secondary N) is 1. The summed E-state index contributed by atoms with van der Waals surface area (Å²) < 4.78 is 5.03. The summed E-state index contributed by atoms with van der Waals surface area (Å²) in [5, 5.41) is 3.39. The standard InChI is InChI=1S/C10H13ClN4O2/c1-17-3-2-15-4-7(5-16)14-10-8(15)9(11)12-6-13-10/h5-7H,2-4H2,1H3,(H,12,13,14). The van der Waals surface area contributed by atoms with Crippen LogP contribution in [0.4, 0.5) is 11.5 Å². The summed E-state index contributed by atoms with van der Waals surface area (Å²) in [6, 6.07) is -0.287. The van der Waals surface area contributed by atoms with E-state index in [1.54, 1.807) is 7.11 Å². The fourth-order valence-corrected chi connectivity index (χ4v) is 2.03. The van der Waals surface area contributed by atoms with E-state index in [4.69, 9.17) is 16.3 Å². The van der Waals surface area contributed by atoms with Gasteiger partial charge in [-0.05, 0) is 0 Å². The molecule has 1 unspecified atom stereocenters. The Balaban J connectivity index is 2.30. The number of nitrogens with zero attached hydrogens (tertiary/aromatic N) is 3. The largest absolute Gasteiger partial charge is 0.383 e. The molecule has 92 valence electrons. The Hall–Kier alpha value is -1.40. The van der Waals surface area contributed by atoms with E-state index in [2.05, 4.69) is 15.3 Å². The lowest BCUT2D eigenvalue weighted by atomic mass is 10.2. The molecule has 2 heterocycles. The van der Waals surface area contributed by atoms with Crippen molar-refractivity contribution >= 4 is 29.4 Å². The molecular weight excluding hydrogens is 244 g/mol. The van der Waals surface area contributed by atoms with Crippen LogP contribution in [-0.2, 0) is 9.53 Å².